The number of benzene rings is 1. The van der Waals surface area contributed by atoms with Gasteiger partial charge < -0.3 is 15.1 Å². The molecule has 22 heavy (non-hydrogen) atoms. The van der Waals surface area contributed by atoms with E-state index in [1.165, 1.54) is 25.8 Å². The Morgan fingerprint density at radius 2 is 1.91 bits per heavy atom. The molecule has 1 aliphatic rings. The molecule has 3 nitrogen and oxygen atoms in total. The third-order valence-corrected chi connectivity index (χ3v) is 5.27. The van der Waals surface area contributed by atoms with E-state index in [9.17, 15) is 10.2 Å². The number of aliphatic hydroxyl groups excluding tert-OH is 1. The first-order valence-corrected chi connectivity index (χ1v) is 8.82. The molecule has 1 aromatic rings. The van der Waals surface area contributed by atoms with Gasteiger partial charge in [-0.2, -0.15) is 0 Å². The lowest BCUT2D eigenvalue weighted by molar-refractivity contribution is 0.0274. The van der Waals surface area contributed by atoms with Crippen molar-refractivity contribution in [3.05, 3.63) is 29.8 Å². The summed E-state index contributed by atoms with van der Waals surface area (Å²) in [5, 5.41) is 20.5. The average molecular weight is 305 g/mol. The van der Waals surface area contributed by atoms with Crippen molar-refractivity contribution >= 4 is 0 Å². The number of aliphatic hydroxyl groups is 1. The first-order chi connectivity index (χ1) is 10.6. The maximum Gasteiger partial charge on any atom is 0.115 e. The van der Waals surface area contributed by atoms with Crippen molar-refractivity contribution in [1.29, 1.82) is 0 Å². The lowest BCUT2D eigenvalue weighted by Crippen LogP contribution is -2.49. The highest BCUT2D eigenvalue weighted by Crippen LogP contribution is 2.40. The Morgan fingerprint density at radius 1 is 1.18 bits per heavy atom. The molecule has 2 rings (SSSR count). The van der Waals surface area contributed by atoms with Crippen molar-refractivity contribution < 1.29 is 10.2 Å². The molecule has 0 aliphatic carbocycles. The van der Waals surface area contributed by atoms with Gasteiger partial charge in [-0.3, -0.25) is 0 Å². The van der Waals surface area contributed by atoms with Gasteiger partial charge in [0, 0.05) is 5.41 Å². The fourth-order valence-corrected chi connectivity index (χ4v) is 3.78. The second-order valence-electron chi connectivity index (χ2n) is 6.68. The van der Waals surface area contributed by atoms with E-state index in [1.54, 1.807) is 6.07 Å². The van der Waals surface area contributed by atoms with E-state index < -0.39 is 0 Å². The van der Waals surface area contributed by atoms with Gasteiger partial charge in [0.15, 0.2) is 0 Å². The molecule has 0 saturated carbocycles. The van der Waals surface area contributed by atoms with Crippen LogP contribution in [-0.2, 0) is 5.41 Å². The minimum absolute atomic E-state index is 0.200. The van der Waals surface area contributed by atoms with Gasteiger partial charge in [-0.25, -0.2) is 0 Å². The standard InChI is InChI=1S/C19H31NO2/c1-3-5-6-12-20-13-10-19(11-14-20,18(22)4-2)16-8-7-9-17(21)15-16/h7-9,15,18,21-22H,3-6,10-14H2,1-2H3/t18-/m1/s1. The summed E-state index contributed by atoms with van der Waals surface area (Å²) in [6.07, 6.45) is 6.18. The lowest BCUT2D eigenvalue weighted by Gasteiger charge is -2.45. The topological polar surface area (TPSA) is 43.7 Å². The number of phenolic OH excluding ortho intramolecular Hbond substituents is 1. The van der Waals surface area contributed by atoms with Gasteiger partial charge in [0.2, 0.25) is 0 Å². The van der Waals surface area contributed by atoms with Crippen LogP contribution in [-0.4, -0.2) is 40.9 Å². The van der Waals surface area contributed by atoms with Crippen LogP contribution in [0.2, 0.25) is 0 Å². The lowest BCUT2D eigenvalue weighted by atomic mass is 9.68. The van der Waals surface area contributed by atoms with Gasteiger partial charge in [-0.1, -0.05) is 38.8 Å². The quantitative estimate of drug-likeness (QED) is 0.755. The maximum absolute atomic E-state index is 10.7. The van der Waals surface area contributed by atoms with Crippen LogP contribution in [0.15, 0.2) is 24.3 Å². The molecule has 0 spiro atoms. The summed E-state index contributed by atoms with van der Waals surface area (Å²) in [7, 11) is 0. The van der Waals surface area contributed by atoms with Crippen LogP contribution >= 0.6 is 0 Å². The highest BCUT2D eigenvalue weighted by atomic mass is 16.3. The zero-order valence-corrected chi connectivity index (χ0v) is 14.1. The smallest absolute Gasteiger partial charge is 0.115 e. The molecule has 1 atom stereocenters. The Balaban J connectivity index is 2.10. The van der Waals surface area contributed by atoms with E-state index in [0.717, 1.165) is 37.9 Å². The normalized spacial score (nSPS) is 20.0. The van der Waals surface area contributed by atoms with E-state index in [4.69, 9.17) is 0 Å². The summed E-state index contributed by atoms with van der Waals surface area (Å²) < 4.78 is 0. The molecule has 0 amide bonds. The van der Waals surface area contributed by atoms with E-state index in [0.29, 0.717) is 5.75 Å². The number of hydrogen-bond acceptors (Lipinski definition) is 3. The van der Waals surface area contributed by atoms with Gasteiger partial charge in [0.05, 0.1) is 6.10 Å². The molecular weight excluding hydrogens is 274 g/mol. The highest BCUT2D eigenvalue weighted by Gasteiger charge is 2.41. The average Bonchev–Trinajstić information content (AvgIpc) is 2.55. The molecule has 1 fully saturated rings. The van der Waals surface area contributed by atoms with E-state index in [2.05, 4.69) is 17.9 Å². The Morgan fingerprint density at radius 3 is 2.50 bits per heavy atom. The van der Waals surface area contributed by atoms with Crippen molar-refractivity contribution in [3.8, 4) is 5.75 Å². The van der Waals surface area contributed by atoms with Crippen molar-refractivity contribution in [2.75, 3.05) is 19.6 Å². The molecule has 1 aliphatic heterocycles. The second kappa shape index (κ2) is 7.98. The predicted molar refractivity (Wildman–Crippen MR) is 91.3 cm³/mol. The summed E-state index contributed by atoms with van der Waals surface area (Å²) in [6, 6.07) is 7.49. The Hall–Kier alpha value is -1.06. The van der Waals surface area contributed by atoms with Gasteiger partial charge in [-0.05, 0) is 63.0 Å². The molecule has 3 heteroatoms. The molecule has 1 heterocycles. The minimum atomic E-state index is -0.341. The van der Waals surface area contributed by atoms with Gasteiger partial charge in [0.1, 0.15) is 5.75 Å². The first kappa shape index (κ1) is 17.3. The van der Waals surface area contributed by atoms with E-state index in [1.807, 2.05) is 19.1 Å². The number of unbranched alkanes of at least 4 members (excludes halogenated alkanes) is 2. The number of likely N-dealkylation sites (tertiary alicyclic amines) is 1. The van der Waals surface area contributed by atoms with Crippen LogP contribution < -0.4 is 0 Å². The van der Waals surface area contributed by atoms with E-state index in [-0.39, 0.29) is 11.5 Å². The summed E-state index contributed by atoms with van der Waals surface area (Å²) >= 11 is 0. The SMILES string of the molecule is CCCCCN1CCC(c2cccc(O)c2)([C@H](O)CC)CC1. The van der Waals surface area contributed by atoms with Crippen LogP contribution in [0.4, 0.5) is 0 Å². The number of piperidine rings is 1. The van der Waals surface area contributed by atoms with Gasteiger partial charge in [0.25, 0.3) is 0 Å². The van der Waals surface area contributed by atoms with Gasteiger partial charge >= 0.3 is 0 Å². The molecule has 0 aromatic heterocycles. The molecule has 1 saturated heterocycles. The largest absolute Gasteiger partial charge is 0.508 e. The Kier molecular flexibility index (Phi) is 6.27. The Labute approximate surface area is 135 Å². The maximum atomic E-state index is 10.7. The molecule has 0 bridgehead atoms. The molecular formula is C19H31NO2. The number of rotatable bonds is 7. The van der Waals surface area contributed by atoms with Gasteiger partial charge in [-0.15, -0.1) is 0 Å². The third kappa shape index (κ3) is 3.82. The number of nitrogens with zero attached hydrogens (tertiary/aromatic N) is 1. The van der Waals surface area contributed by atoms with Crippen molar-refractivity contribution in [3.63, 3.8) is 0 Å². The molecule has 0 radical (unpaired) electrons. The van der Waals surface area contributed by atoms with Crippen molar-refractivity contribution in [2.45, 2.75) is 63.9 Å². The van der Waals surface area contributed by atoms with Crippen molar-refractivity contribution in [1.82, 2.24) is 4.90 Å². The minimum Gasteiger partial charge on any atom is -0.508 e. The highest BCUT2D eigenvalue weighted by molar-refractivity contribution is 5.34. The number of aromatic hydroxyl groups is 1. The summed E-state index contributed by atoms with van der Waals surface area (Å²) in [5.41, 5.74) is 0.893. The van der Waals surface area contributed by atoms with Crippen molar-refractivity contribution in [2.24, 2.45) is 0 Å². The zero-order chi connectivity index (χ0) is 16.0. The van der Waals surface area contributed by atoms with Crippen LogP contribution in [0.1, 0.15) is 57.9 Å². The summed E-state index contributed by atoms with van der Waals surface area (Å²) in [4.78, 5) is 2.53. The second-order valence-corrected chi connectivity index (χ2v) is 6.68. The first-order valence-electron chi connectivity index (χ1n) is 8.82. The fraction of sp³-hybridized carbons (Fsp3) is 0.684. The van der Waals surface area contributed by atoms with Crippen LogP contribution in [0.5, 0.6) is 5.75 Å². The third-order valence-electron chi connectivity index (χ3n) is 5.27. The van der Waals surface area contributed by atoms with Crippen LogP contribution in [0.3, 0.4) is 0 Å². The van der Waals surface area contributed by atoms with Crippen LogP contribution in [0, 0.1) is 0 Å². The zero-order valence-electron chi connectivity index (χ0n) is 14.1. The molecule has 124 valence electrons. The number of phenols is 1. The van der Waals surface area contributed by atoms with E-state index >= 15 is 0 Å². The molecule has 0 unspecified atom stereocenters. The summed E-state index contributed by atoms with van der Waals surface area (Å²) in [5.74, 6) is 0.297. The molecule has 2 N–H and O–H groups in total. The van der Waals surface area contributed by atoms with Crippen LogP contribution in [0.25, 0.3) is 0 Å². The monoisotopic (exact) mass is 305 g/mol. The fourth-order valence-electron chi connectivity index (χ4n) is 3.78. The number of hydrogen-bond donors (Lipinski definition) is 2. The Bertz CT molecular complexity index is 453. The molecule has 1 aromatic carbocycles. The predicted octanol–water partition coefficient (Wildman–Crippen LogP) is 3.69. The summed E-state index contributed by atoms with van der Waals surface area (Å²) in [6.45, 7) is 7.53.